The van der Waals surface area contributed by atoms with E-state index in [9.17, 15) is 14.4 Å². The van der Waals surface area contributed by atoms with Gasteiger partial charge in [-0.2, -0.15) is 0 Å². The van der Waals surface area contributed by atoms with Crippen molar-refractivity contribution in [2.45, 2.75) is 77.7 Å². The largest absolute Gasteiger partial charge is 0.464 e. The number of imide groups is 1. The van der Waals surface area contributed by atoms with Gasteiger partial charge in [-0.25, -0.2) is 4.79 Å². The third-order valence-corrected chi connectivity index (χ3v) is 3.96. The summed E-state index contributed by atoms with van der Waals surface area (Å²) in [5.41, 5.74) is 0. The molecule has 1 rings (SSSR count). The van der Waals surface area contributed by atoms with Gasteiger partial charge in [0.1, 0.15) is 6.04 Å². The summed E-state index contributed by atoms with van der Waals surface area (Å²) in [6, 6.07) is -0.785. The fraction of sp³-hybridized carbons (Fsp3) is 0.722. The van der Waals surface area contributed by atoms with Crippen LogP contribution in [-0.2, 0) is 19.1 Å². The maximum atomic E-state index is 12.2. The molecule has 0 aromatic rings. The summed E-state index contributed by atoms with van der Waals surface area (Å²) < 4.78 is 5.16. The molecule has 0 saturated carbocycles. The molecular formula is C18H29NO4. The third-order valence-electron chi connectivity index (χ3n) is 3.96. The summed E-state index contributed by atoms with van der Waals surface area (Å²) in [5.74, 6) is -1.31. The zero-order valence-electron chi connectivity index (χ0n) is 14.4. The van der Waals surface area contributed by atoms with Crippen molar-refractivity contribution >= 4 is 17.8 Å². The van der Waals surface area contributed by atoms with E-state index in [4.69, 9.17) is 4.74 Å². The highest BCUT2D eigenvalue weighted by Gasteiger charge is 2.36. The van der Waals surface area contributed by atoms with Gasteiger partial charge in [0.15, 0.2) is 0 Å². The molecule has 5 heteroatoms. The zero-order valence-corrected chi connectivity index (χ0v) is 14.4. The number of hydrogen-bond acceptors (Lipinski definition) is 4. The van der Waals surface area contributed by atoms with Gasteiger partial charge < -0.3 is 4.74 Å². The molecule has 1 aliphatic heterocycles. The van der Waals surface area contributed by atoms with Crippen LogP contribution in [0.5, 0.6) is 0 Å². The average Bonchev–Trinajstić information content (AvgIpc) is 2.87. The number of ether oxygens (including phenoxy) is 1. The van der Waals surface area contributed by atoms with E-state index in [-0.39, 0.29) is 0 Å². The van der Waals surface area contributed by atoms with Crippen LogP contribution in [0, 0.1) is 0 Å². The highest BCUT2D eigenvalue weighted by atomic mass is 16.5. The van der Waals surface area contributed by atoms with Crippen LogP contribution < -0.4 is 0 Å². The molecule has 1 unspecified atom stereocenters. The Morgan fingerprint density at radius 2 is 1.52 bits per heavy atom. The number of carbonyl (C=O) groups is 3. The lowest BCUT2D eigenvalue weighted by atomic mass is 10.0. The molecule has 130 valence electrons. The maximum absolute atomic E-state index is 12.2. The topological polar surface area (TPSA) is 63.7 Å². The Bertz CT molecular complexity index is 413. The lowest BCUT2D eigenvalue weighted by Gasteiger charge is -2.24. The average molecular weight is 323 g/mol. The lowest BCUT2D eigenvalue weighted by Crippen LogP contribution is -2.45. The molecule has 5 nitrogen and oxygen atoms in total. The van der Waals surface area contributed by atoms with E-state index >= 15 is 0 Å². The minimum Gasteiger partial charge on any atom is -0.464 e. The Labute approximate surface area is 139 Å². The summed E-state index contributed by atoms with van der Waals surface area (Å²) in [5, 5.41) is 0. The van der Waals surface area contributed by atoms with Gasteiger partial charge >= 0.3 is 5.97 Å². The van der Waals surface area contributed by atoms with Crippen LogP contribution >= 0.6 is 0 Å². The molecule has 2 amide bonds. The Morgan fingerprint density at radius 1 is 0.957 bits per heavy atom. The quantitative estimate of drug-likeness (QED) is 0.314. The van der Waals surface area contributed by atoms with Crippen LogP contribution in [0.15, 0.2) is 12.2 Å². The Morgan fingerprint density at radius 3 is 2.09 bits per heavy atom. The summed E-state index contributed by atoms with van der Waals surface area (Å²) in [4.78, 5) is 36.9. The lowest BCUT2D eigenvalue weighted by molar-refractivity contribution is -0.158. The molecule has 0 bridgehead atoms. The molecule has 0 radical (unpaired) electrons. The third kappa shape index (κ3) is 6.55. The highest BCUT2D eigenvalue weighted by molar-refractivity contribution is 6.14. The normalized spacial score (nSPS) is 15.3. The fourth-order valence-corrected chi connectivity index (χ4v) is 2.66. The molecule has 0 spiro atoms. The smallest absolute Gasteiger partial charge is 0.329 e. The van der Waals surface area contributed by atoms with E-state index in [1.54, 1.807) is 0 Å². The number of carbonyl (C=O) groups excluding carboxylic acids is 3. The standard InChI is InChI=1S/C18H29NO4/c1-3-5-6-7-8-9-10-11-15(18(22)23-14-4-2)19-16(20)12-13-17(19)21/h12-13,15H,3-11,14H2,1-2H3. The van der Waals surface area contributed by atoms with Gasteiger partial charge in [0.2, 0.25) is 0 Å². The molecule has 0 N–H and O–H groups in total. The summed E-state index contributed by atoms with van der Waals surface area (Å²) in [7, 11) is 0. The molecule has 1 heterocycles. The van der Waals surface area contributed by atoms with E-state index in [1.807, 2.05) is 6.92 Å². The zero-order chi connectivity index (χ0) is 17.1. The van der Waals surface area contributed by atoms with Gasteiger partial charge in [0, 0.05) is 12.2 Å². The van der Waals surface area contributed by atoms with E-state index < -0.39 is 23.8 Å². The van der Waals surface area contributed by atoms with Crippen molar-refractivity contribution < 1.29 is 19.1 Å². The van der Waals surface area contributed by atoms with Crippen LogP contribution in [0.4, 0.5) is 0 Å². The molecule has 1 aliphatic rings. The van der Waals surface area contributed by atoms with Gasteiger partial charge in [-0.05, 0) is 12.8 Å². The molecule has 0 aromatic heterocycles. The predicted molar refractivity (Wildman–Crippen MR) is 88.6 cm³/mol. The molecule has 0 saturated heterocycles. The van der Waals surface area contributed by atoms with Crippen LogP contribution in [0.3, 0.4) is 0 Å². The molecule has 0 fully saturated rings. The van der Waals surface area contributed by atoms with Gasteiger partial charge in [0.05, 0.1) is 6.61 Å². The Balaban J connectivity index is 2.47. The summed E-state index contributed by atoms with van der Waals surface area (Å²) in [6.45, 7) is 4.41. The molecule has 23 heavy (non-hydrogen) atoms. The van der Waals surface area contributed by atoms with Crippen LogP contribution in [0.2, 0.25) is 0 Å². The van der Waals surface area contributed by atoms with E-state index in [0.717, 1.165) is 30.6 Å². The second-order valence-corrected chi connectivity index (χ2v) is 5.97. The summed E-state index contributed by atoms with van der Waals surface area (Å²) in [6.07, 6.45) is 11.5. The molecule has 0 aromatic carbocycles. The summed E-state index contributed by atoms with van der Waals surface area (Å²) >= 11 is 0. The second-order valence-electron chi connectivity index (χ2n) is 5.97. The van der Waals surface area contributed by atoms with Gasteiger partial charge in [0.25, 0.3) is 11.8 Å². The second kappa shape index (κ2) is 11.0. The Hall–Kier alpha value is -1.65. The monoisotopic (exact) mass is 323 g/mol. The minimum absolute atomic E-state index is 0.315. The number of unbranched alkanes of at least 4 members (excludes halogenated alkanes) is 6. The minimum atomic E-state index is -0.785. The number of amides is 2. The van der Waals surface area contributed by atoms with Crippen molar-refractivity contribution in [1.82, 2.24) is 4.90 Å². The van der Waals surface area contributed by atoms with Crippen molar-refractivity contribution in [2.24, 2.45) is 0 Å². The van der Waals surface area contributed by atoms with Crippen LogP contribution in [-0.4, -0.2) is 35.3 Å². The van der Waals surface area contributed by atoms with Gasteiger partial charge in [-0.15, -0.1) is 0 Å². The number of hydrogen-bond donors (Lipinski definition) is 0. The number of esters is 1. The Kier molecular flexibility index (Phi) is 9.25. The first-order valence-corrected chi connectivity index (χ1v) is 8.83. The van der Waals surface area contributed by atoms with Gasteiger partial charge in [-0.1, -0.05) is 58.8 Å². The van der Waals surface area contributed by atoms with Crippen molar-refractivity contribution in [1.29, 1.82) is 0 Å². The van der Waals surface area contributed by atoms with Crippen molar-refractivity contribution in [2.75, 3.05) is 6.61 Å². The first-order chi connectivity index (χ1) is 11.1. The highest BCUT2D eigenvalue weighted by Crippen LogP contribution is 2.18. The first-order valence-electron chi connectivity index (χ1n) is 8.83. The van der Waals surface area contributed by atoms with E-state index in [0.29, 0.717) is 13.0 Å². The van der Waals surface area contributed by atoms with Crippen LogP contribution in [0.25, 0.3) is 0 Å². The number of nitrogens with zero attached hydrogens (tertiary/aromatic N) is 1. The first kappa shape index (κ1) is 19.4. The maximum Gasteiger partial charge on any atom is 0.329 e. The molecule has 1 atom stereocenters. The van der Waals surface area contributed by atoms with Crippen molar-refractivity contribution in [3.05, 3.63) is 12.2 Å². The fourth-order valence-electron chi connectivity index (χ4n) is 2.66. The van der Waals surface area contributed by atoms with Gasteiger partial charge in [-0.3, -0.25) is 14.5 Å². The molecule has 0 aliphatic carbocycles. The van der Waals surface area contributed by atoms with E-state index in [2.05, 4.69) is 6.92 Å². The van der Waals surface area contributed by atoms with E-state index in [1.165, 1.54) is 37.8 Å². The molecular weight excluding hydrogens is 294 g/mol. The van der Waals surface area contributed by atoms with Crippen molar-refractivity contribution in [3.8, 4) is 0 Å². The predicted octanol–water partition coefficient (Wildman–Crippen LogP) is 3.37. The van der Waals surface area contributed by atoms with Crippen molar-refractivity contribution in [3.63, 3.8) is 0 Å². The SMILES string of the molecule is CCCCCCCCCC(C(=O)OCCC)N1C(=O)C=CC1=O. The van der Waals surface area contributed by atoms with Crippen LogP contribution in [0.1, 0.15) is 71.6 Å². The number of rotatable bonds is 12.